The summed E-state index contributed by atoms with van der Waals surface area (Å²) in [5.74, 6) is -5.82. The largest absolute Gasteiger partial charge is 0.459 e. The van der Waals surface area contributed by atoms with Crippen molar-refractivity contribution >= 4 is 11.9 Å². The normalized spacial score (nSPS) is 59.6. The fourth-order valence-electron chi connectivity index (χ4n) is 12.0. The van der Waals surface area contributed by atoms with E-state index in [9.17, 15) is 35.1 Å². The van der Waals surface area contributed by atoms with Gasteiger partial charge in [0.2, 0.25) is 5.79 Å². The molecule has 3 heterocycles. The van der Waals surface area contributed by atoms with Gasteiger partial charge in [-0.1, -0.05) is 13.8 Å². The number of carbonyl (C=O) groups is 2. The molecule has 0 aromatic rings. The first-order valence-electron chi connectivity index (χ1n) is 15.8. The van der Waals surface area contributed by atoms with Gasteiger partial charge in [-0.3, -0.25) is 14.5 Å². The van der Waals surface area contributed by atoms with Crippen LogP contribution in [0.5, 0.6) is 0 Å². The first kappa shape index (κ1) is 29.4. The Morgan fingerprint density at radius 2 is 1.67 bits per heavy atom. The van der Waals surface area contributed by atoms with Gasteiger partial charge in [0.1, 0.15) is 17.8 Å². The molecule has 3 saturated heterocycles. The molecule has 0 aromatic carbocycles. The van der Waals surface area contributed by atoms with Crippen LogP contribution in [0.25, 0.3) is 0 Å². The Kier molecular flexibility index (Phi) is 6.22. The second-order valence-electron chi connectivity index (χ2n) is 15.4. The van der Waals surface area contributed by atoms with E-state index in [-0.39, 0.29) is 18.9 Å². The van der Waals surface area contributed by atoms with E-state index >= 15 is 0 Å². The van der Waals surface area contributed by atoms with Crippen LogP contribution in [0.15, 0.2) is 0 Å². The number of nitrogens with zero attached hydrogens (tertiary/aromatic N) is 1. The summed E-state index contributed by atoms with van der Waals surface area (Å²) in [7, 11) is 0. The van der Waals surface area contributed by atoms with E-state index in [1.807, 2.05) is 6.92 Å². The zero-order chi connectivity index (χ0) is 30.4. The van der Waals surface area contributed by atoms with Crippen LogP contribution in [-0.4, -0.2) is 109 Å². The minimum Gasteiger partial charge on any atom is -0.459 e. The number of esters is 2. The third kappa shape index (κ3) is 3.36. The van der Waals surface area contributed by atoms with Crippen molar-refractivity contribution in [1.29, 1.82) is 0 Å². The second-order valence-corrected chi connectivity index (χ2v) is 15.4. The molecule has 3 aliphatic heterocycles. The lowest BCUT2D eigenvalue weighted by atomic mass is 9.49. The summed E-state index contributed by atoms with van der Waals surface area (Å²) >= 11 is 0. The number of fused-ring (bicyclic) bond motifs is 5. The molecule has 4 saturated carbocycles. The molecule has 4 bridgehead atoms. The van der Waals surface area contributed by atoms with Crippen LogP contribution in [-0.2, 0) is 23.8 Å². The van der Waals surface area contributed by atoms with Crippen molar-refractivity contribution in [2.45, 2.75) is 126 Å². The van der Waals surface area contributed by atoms with Crippen molar-refractivity contribution in [3.05, 3.63) is 0 Å². The Labute approximate surface area is 246 Å². The molecule has 4 aliphatic carbocycles. The molecule has 0 radical (unpaired) electrons. The quantitative estimate of drug-likeness (QED) is 0.280. The summed E-state index contributed by atoms with van der Waals surface area (Å²) in [6.45, 7) is 9.84. The van der Waals surface area contributed by atoms with Gasteiger partial charge in [-0.15, -0.1) is 0 Å². The number of rotatable bonds is 2. The van der Waals surface area contributed by atoms with Gasteiger partial charge in [0.15, 0.2) is 6.10 Å². The van der Waals surface area contributed by atoms with E-state index in [0.29, 0.717) is 25.3 Å². The first-order valence-corrected chi connectivity index (χ1v) is 15.8. The van der Waals surface area contributed by atoms with Gasteiger partial charge in [-0.05, 0) is 63.2 Å². The molecule has 11 nitrogen and oxygen atoms in total. The zero-order valence-electron chi connectivity index (χ0n) is 25.2. The van der Waals surface area contributed by atoms with Crippen molar-refractivity contribution in [3.63, 3.8) is 0 Å². The molecule has 7 fully saturated rings. The molecule has 5 N–H and O–H groups in total. The Bertz CT molecular complexity index is 1180. The summed E-state index contributed by atoms with van der Waals surface area (Å²) in [5, 5.41) is 61.2. The highest BCUT2D eigenvalue weighted by molar-refractivity contribution is 5.66. The standard InChI is InChI=1S/C31H47NO10/c1-14-6-7-21-28(5,37)23-17(13-32(21)12-14)18-11-29-25(30(18,38)26(36)24(23)41-16(3)34)19(35)10-20-27(29,4)9-8-22(40-15(2)33)31(20,39)42-29/h14,17-26,35-39H,6-13H2,1-5H3/t14?,17?,18?,19?,20?,21?,22?,23?,24?,25?,26-,27?,28+,29?,30-,31?/m0/s1. The lowest BCUT2D eigenvalue weighted by molar-refractivity contribution is -0.298. The molecule has 0 aromatic heterocycles. The summed E-state index contributed by atoms with van der Waals surface area (Å²) < 4.78 is 18.1. The Morgan fingerprint density at radius 3 is 2.33 bits per heavy atom. The zero-order valence-corrected chi connectivity index (χ0v) is 25.2. The molecule has 1 spiro atoms. The average molecular weight is 594 g/mol. The Balaban J connectivity index is 1.37. The highest BCUT2D eigenvalue weighted by atomic mass is 16.7. The molecule has 13 unspecified atom stereocenters. The monoisotopic (exact) mass is 593 g/mol. The van der Waals surface area contributed by atoms with Crippen LogP contribution in [0.2, 0.25) is 0 Å². The van der Waals surface area contributed by atoms with Gasteiger partial charge in [-0.25, -0.2) is 0 Å². The second kappa shape index (κ2) is 8.89. The van der Waals surface area contributed by atoms with E-state index in [0.717, 1.165) is 19.4 Å². The summed E-state index contributed by atoms with van der Waals surface area (Å²) in [5.41, 5.74) is -5.19. The summed E-state index contributed by atoms with van der Waals surface area (Å²) in [6.07, 6.45) is -1.91. The van der Waals surface area contributed by atoms with E-state index < -0.39 is 93.9 Å². The first-order chi connectivity index (χ1) is 19.5. The van der Waals surface area contributed by atoms with Crippen molar-refractivity contribution in [2.24, 2.45) is 40.9 Å². The van der Waals surface area contributed by atoms with Crippen LogP contribution >= 0.6 is 0 Å². The average Bonchev–Trinajstić information content (AvgIpc) is 3.16. The van der Waals surface area contributed by atoms with E-state index in [4.69, 9.17) is 14.2 Å². The van der Waals surface area contributed by atoms with Crippen molar-refractivity contribution < 1.29 is 49.3 Å². The summed E-state index contributed by atoms with van der Waals surface area (Å²) in [4.78, 5) is 26.7. The SMILES string of the molecule is CC(=O)OC1C2C(CN3CC(C)CCC3[C@@]2(C)O)C2CC34OC5(O)C(OC(C)=O)CCC3(C)C5CC(O)C4[C@]2(O)[C@H]1O. The fraction of sp³-hybridized carbons (Fsp3) is 0.935. The number of ether oxygens (including phenoxy) is 3. The molecule has 11 heteroatoms. The van der Waals surface area contributed by atoms with E-state index in [1.54, 1.807) is 6.92 Å². The number of hydrogen-bond donors (Lipinski definition) is 5. The van der Waals surface area contributed by atoms with E-state index in [2.05, 4.69) is 11.8 Å². The number of piperidine rings is 2. The summed E-state index contributed by atoms with van der Waals surface area (Å²) in [6, 6.07) is -0.187. The predicted molar refractivity (Wildman–Crippen MR) is 145 cm³/mol. The van der Waals surface area contributed by atoms with Gasteiger partial charge in [-0.2, -0.15) is 0 Å². The molecular formula is C31H47NO10. The molecule has 0 amide bonds. The van der Waals surface area contributed by atoms with Gasteiger partial charge in [0, 0.05) is 56.1 Å². The highest BCUT2D eigenvalue weighted by Gasteiger charge is 2.87. The number of aliphatic hydroxyl groups is 5. The number of hydrogen-bond acceptors (Lipinski definition) is 11. The van der Waals surface area contributed by atoms with Crippen LogP contribution in [0.3, 0.4) is 0 Å². The Morgan fingerprint density at radius 1 is 0.976 bits per heavy atom. The minimum atomic E-state index is -1.93. The smallest absolute Gasteiger partial charge is 0.303 e. The molecule has 7 rings (SSSR count). The lowest BCUT2D eigenvalue weighted by Crippen LogP contribution is -2.77. The predicted octanol–water partition coefficient (Wildman–Crippen LogP) is 0.328. The third-order valence-electron chi connectivity index (χ3n) is 13.4. The van der Waals surface area contributed by atoms with Crippen molar-refractivity contribution in [3.8, 4) is 0 Å². The maximum absolute atomic E-state index is 12.9. The molecule has 16 atom stereocenters. The Hall–Kier alpha value is -1.34. The van der Waals surface area contributed by atoms with Crippen molar-refractivity contribution in [1.82, 2.24) is 4.90 Å². The van der Waals surface area contributed by atoms with Gasteiger partial charge in [0.05, 0.1) is 17.3 Å². The minimum absolute atomic E-state index is 0.0920. The molecule has 42 heavy (non-hydrogen) atoms. The lowest BCUT2D eigenvalue weighted by Gasteiger charge is -2.64. The van der Waals surface area contributed by atoms with Crippen molar-refractivity contribution in [2.75, 3.05) is 13.1 Å². The van der Waals surface area contributed by atoms with Gasteiger partial charge >= 0.3 is 11.9 Å². The highest BCUT2D eigenvalue weighted by Crippen LogP contribution is 2.77. The number of carbonyl (C=O) groups excluding carboxylic acids is 2. The fourth-order valence-corrected chi connectivity index (χ4v) is 12.0. The molecule has 7 aliphatic rings. The van der Waals surface area contributed by atoms with Crippen LogP contribution < -0.4 is 0 Å². The van der Waals surface area contributed by atoms with Gasteiger partial charge in [0.25, 0.3) is 0 Å². The molecular weight excluding hydrogens is 546 g/mol. The van der Waals surface area contributed by atoms with Crippen LogP contribution in [0.4, 0.5) is 0 Å². The maximum Gasteiger partial charge on any atom is 0.303 e. The topological polar surface area (TPSA) is 166 Å². The van der Waals surface area contributed by atoms with Crippen LogP contribution in [0.1, 0.15) is 73.1 Å². The third-order valence-corrected chi connectivity index (χ3v) is 13.4. The maximum atomic E-state index is 12.9. The molecule has 236 valence electrons. The number of aliphatic hydroxyl groups excluding tert-OH is 2. The van der Waals surface area contributed by atoms with E-state index in [1.165, 1.54) is 13.8 Å². The van der Waals surface area contributed by atoms with Crippen LogP contribution in [0, 0.1) is 40.9 Å². The van der Waals surface area contributed by atoms with Gasteiger partial charge < -0.3 is 39.7 Å².